The van der Waals surface area contributed by atoms with Crippen molar-refractivity contribution in [3.05, 3.63) is 58.1 Å². The molecule has 2 rings (SSSR count). The lowest BCUT2D eigenvalue weighted by Crippen LogP contribution is -2.21. The van der Waals surface area contributed by atoms with Crippen LogP contribution in [0.2, 0.25) is 10.0 Å². The number of esters is 1. The van der Waals surface area contributed by atoms with Crippen LogP contribution in [-0.4, -0.2) is 24.4 Å². The maximum atomic E-state index is 12.7. The largest absolute Gasteiger partial charge is 0.456 e. The smallest absolute Gasteiger partial charge is 0.416 e. The van der Waals surface area contributed by atoms with E-state index in [0.717, 1.165) is 12.1 Å². The van der Waals surface area contributed by atoms with Crippen molar-refractivity contribution in [2.75, 3.05) is 17.2 Å². The summed E-state index contributed by atoms with van der Waals surface area (Å²) in [5.41, 5.74) is -0.578. The molecule has 0 radical (unpaired) electrons. The monoisotopic (exact) mass is 476 g/mol. The van der Waals surface area contributed by atoms with E-state index in [4.69, 9.17) is 27.9 Å². The van der Waals surface area contributed by atoms with Crippen molar-refractivity contribution in [3.63, 3.8) is 0 Å². The Hall–Kier alpha value is -2.78. The summed E-state index contributed by atoms with van der Waals surface area (Å²) in [5, 5.41) is 5.41. The van der Waals surface area contributed by atoms with Crippen LogP contribution in [0.25, 0.3) is 0 Å². The maximum absolute atomic E-state index is 12.7. The molecule has 0 spiro atoms. The molecule has 0 saturated heterocycles. The van der Waals surface area contributed by atoms with Gasteiger partial charge in [0.25, 0.3) is 5.91 Å². The van der Waals surface area contributed by atoms with Crippen LogP contribution in [0.15, 0.2) is 42.5 Å². The Morgan fingerprint density at radius 3 is 2.35 bits per heavy atom. The molecule has 0 atom stereocenters. The Bertz CT molecular complexity index is 968. The second kappa shape index (κ2) is 11.0. The van der Waals surface area contributed by atoms with E-state index in [-0.39, 0.29) is 30.0 Å². The second-order valence-corrected chi connectivity index (χ2v) is 7.16. The minimum Gasteiger partial charge on any atom is -0.456 e. The fraction of sp³-hybridized carbons (Fsp3) is 0.250. The lowest BCUT2D eigenvalue weighted by molar-refractivity contribution is -0.147. The number of carbonyl (C=O) groups is 3. The van der Waals surface area contributed by atoms with Crippen LogP contribution < -0.4 is 10.6 Å². The molecule has 31 heavy (non-hydrogen) atoms. The maximum Gasteiger partial charge on any atom is 0.416 e. The van der Waals surface area contributed by atoms with Crippen LogP contribution in [0.5, 0.6) is 0 Å². The van der Waals surface area contributed by atoms with Gasteiger partial charge in [0.05, 0.1) is 16.3 Å². The highest BCUT2D eigenvalue weighted by Gasteiger charge is 2.30. The number of halogens is 5. The molecule has 2 aromatic carbocycles. The van der Waals surface area contributed by atoms with Gasteiger partial charge in [-0.05, 0) is 42.8 Å². The molecular weight excluding hydrogens is 460 g/mol. The summed E-state index contributed by atoms with van der Waals surface area (Å²) in [6, 6.07) is 8.67. The molecule has 0 saturated carbocycles. The van der Waals surface area contributed by atoms with E-state index in [1.54, 1.807) is 0 Å². The van der Waals surface area contributed by atoms with Gasteiger partial charge >= 0.3 is 12.1 Å². The van der Waals surface area contributed by atoms with Gasteiger partial charge in [0.15, 0.2) is 6.61 Å². The van der Waals surface area contributed by atoms with Crippen molar-refractivity contribution >= 4 is 52.4 Å². The molecule has 0 unspecified atom stereocenters. The third kappa shape index (κ3) is 8.47. The van der Waals surface area contributed by atoms with E-state index in [1.165, 1.54) is 30.3 Å². The molecule has 0 fully saturated rings. The van der Waals surface area contributed by atoms with Gasteiger partial charge in [-0.3, -0.25) is 14.4 Å². The Morgan fingerprint density at radius 1 is 0.935 bits per heavy atom. The van der Waals surface area contributed by atoms with Gasteiger partial charge in [-0.15, -0.1) is 0 Å². The number of ether oxygens (including phenoxy) is 1. The van der Waals surface area contributed by atoms with Gasteiger partial charge < -0.3 is 15.4 Å². The first-order valence-corrected chi connectivity index (χ1v) is 9.68. The zero-order valence-electron chi connectivity index (χ0n) is 15.9. The number of benzene rings is 2. The van der Waals surface area contributed by atoms with Crippen molar-refractivity contribution < 1.29 is 32.3 Å². The van der Waals surface area contributed by atoms with Crippen molar-refractivity contribution in [1.82, 2.24) is 0 Å². The van der Waals surface area contributed by atoms with Crippen LogP contribution in [0, 0.1) is 0 Å². The fourth-order valence-electron chi connectivity index (χ4n) is 2.39. The zero-order valence-corrected chi connectivity index (χ0v) is 17.4. The molecule has 0 aliphatic rings. The van der Waals surface area contributed by atoms with Gasteiger partial charge in [-0.25, -0.2) is 0 Å². The van der Waals surface area contributed by atoms with Gasteiger partial charge in [-0.2, -0.15) is 13.2 Å². The Kier molecular flexibility index (Phi) is 8.70. The molecule has 0 heterocycles. The third-order valence-electron chi connectivity index (χ3n) is 3.83. The van der Waals surface area contributed by atoms with E-state index < -0.39 is 36.1 Å². The average Bonchev–Trinajstić information content (AvgIpc) is 2.68. The summed E-state index contributed by atoms with van der Waals surface area (Å²) in [7, 11) is 0. The predicted octanol–water partition coefficient (Wildman–Crippen LogP) is 5.30. The average molecular weight is 477 g/mol. The van der Waals surface area contributed by atoms with Crippen molar-refractivity contribution in [2.45, 2.75) is 25.4 Å². The van der Waals surface area contributed by atoms with E-state index in [1.807, 2.05) is 0 Å². The molecule has 166 valence electrons. The second-order valence-electron chi connectivity index (χ2n) is 6.31. The first-order valence-electron chi connectivity index (χ1n) is 8.92. The molecule has 2 amide bonds. The number of rotatable bonds is 8. The molecule has 2 aromatic rings. The van der Waals surface area contributed by atoms with Gasteiger partial charge in [0.1, 0.15) is 0 Å². The summed E-state index contributed by atoms with van der Waals surface area (Å²) >= 11 is 11.7. The normalized spacial score (nSPS) is 11.0. The standard InChI is InChI=1S/C20H17Cl2F3N2O4/c21-13-7-8-16(15(22)10-13)27-18(29)11-31-19(30)6-2-5-17(28)26-14-4-1-3-12(9-14)20(23,24)25/h1,3-4,7-10H,2,5-6,11H2,(H,26,28)(H,27,29). The molecule has 2 N–H and O–H groups in total. The lowest BCUT2D eigenvalue weighted by Gasteiger charge is -2.10. The summed E-state index contributed by atoms with van der Waals surface area (Å²) in [5.74, 6) is -1.87. The van der Waals surface area contributed by atoms with E-state index in [9.17, 15) is 27.6 Å². The number of nitrogens with one attached hydrogen (secondary N) is 2. The predicted molar refractivity (Wildman–Crippen MR) is 110 cm³/mol. The van der Waals surface area contributed by atoms with Gasteiger partial charge in [0, 0.05) is 23.6 Å². The van der Waals surface area contributed by atoms with Crippen LogP contribution in [0.1, 0.15) is 24.8 Å². The highest BCUT2D eigenvalue weighted by molar-refractivity contribution is 6.36. The summed E-state index contributed by atoms with van der Waals surface area (Å²) in [6.07, 6.45) is -4.69. The first-order chi connectivity index (χ1) is 14.5. The Balaban J connectivity index is 1.69. The lowest BCUT2D eigenvalue weighted by atomic mass is 10.2. The number of hydrogen-bond acceptors (Lipinski definition) is 4. The van der Waals surface area contributed by atoms with Gasteiger partial charge in [0.2, 0.25) is 5.91 Å². The van der Waals surface area contributed by atoms with E-state index in [2.05, 4.69) is 10.6 Å². The van der Waals surface area contributed by atoms with E-state index >= 15 is 0 Å². The number of hydrogen-bond donors (Lipinski definition) is 2. The van der Waals surface area contributed by atoms with Crippen molar-refractivity contribution in [1.29, 1.82) is 0 Å². The quantitative estimate of drug-likeness (QED) is 0.506. The molecular formula is C20H17Cl2F3N2O4. The molecule has 0 aliphatic carbocycles. The van der Waals surface area contributed by atoms with Crippen LogP contribution >= 0.6 is 23.2 Å². The van der Waals surface area contributed by atoms with Crippen LogP contribution in [0.4, 0.5) is 24.5 Å². The minimum absolute atomic E-state index is 0.0000622. The highest BCUT2D eigenvalue weighted by atomic mass is 35.5. The van der Waals surface area contributed by atoms with Crippen LogP contribution in [-0.2, 0) is 25.3 Å². The molecule has 0 bridgehead atoms. The fourth-order valence-corrected chi connectivity index (χ4v) is 2.84. The molecule has 11 heteroatoms. The summed E-state index contributed by atoms with van der Waals surface area (Å²) < 4.78 is 42.9. The summed E-state index contributed by atoms with van der Waals surface area (Å²) in [4.78, 5) is 35.4. The minimum atomic E-state index is -4.52. The van der Waals surface area contributed by atoms with Crippen molar-refractivity contribution in [3.8, 4) is 0 Å². The van der Waals surface area contributed by atoms with Crippen LogP contribution in [0.3, 0.4) is 0 Å². The molecule has 0 aliphatic heterocycles. The first kappa shape index (κ1) is 24.5. The van der Waals surface area contributed by atoms with Crippen molar-refractivity contribution in [2.24, 2.45) is 0 Å². The molecule has 0 aromatic heterocycles. The molecule has 6 nitrogen and oxygen atoms in total. The summed E-state index contributed by atoms with van der Waals surface area (Å²) in [6.45, 7) is -0.547. The Labute approximate surface area is 185 Å². The Morgan fingerprint density at radius 2 is 1.68 bits per heavy atom. The van der Waals surface area contributed by atoms with Gasteiger partial charge in [-0.1, -0.05) is 29.3 Å². The zero-order chi connectivity index (χ0) is 23.0. The number of anilines is 2. The topological polar surface area (TPSA) is 84.5 Å². The highest BCUT2D eigenvalue weighted by Crippen LogP contribution is 2.30. The number of carbonyl (C=O) groups excluding carboxylic acids is 3. The number of amides is 2. The SMILES string of the molecule is O=C(CCCC(=O)OCC(=O)Nc1ccc(Cl)cc1Cl)Nc1cccc(C(F)(F)F)c1. The third-order valence-corrected chi connectivity index (χ3v) is 4.38. The number of alkyl halides is 3. The van der Waals surface area contributed by atoms with E-state index in [0.29, 0.717) is 10.7 Å².